The van der Waals surface area contributed by atoms with Gasteiger partial charge >= 0.3 is 0 Å². The lowest BCUT2D eigenvalue weighted by atomic mass is 10.1. The SMILES string of the molecule is C[C@H]1CCCCN1S(=O)(=O)CCCCN(C)C. The quantitative estimate of drug-likeness (QED) is 0.682. The van der Waals surface area contributed by atoms with Crippen LogP contribution < -0.4 is 0 Å². The maximum absolute atomic E-state index is 12.2. The van der Waals surface area contributed by atoms with Crippen molar-refractivity contribution in [2.45, 2.75) is 45.1 Å². The summed E-state index contributed by atoms with van der Waals surface area (Å²) in [7, 11) is 1.01. The molecule has 1 rings (SSSR count). The Labute approximate surface area is 106 Å². The number of hydrogen-bond donors (Lipinski definition) is 0. The topological polar surface area (TPSA) is 40.6 Å². The van der Waals surface area contributed by atoms with Gasteiger partial charge in [-0.3, -0.25) is 0 Å². The minimum absolute atomic E-state index is 0.197. The first kappa shape index (κ1) is 14.9. The van der Waals surface area contributed by atoms with Crippen LogP contribution in [-0.4, -0.2) is 56.6 Å². The summed E-state index contributed by atoms with van der Waals surface area (Å²) in [5, 5.41) is 0. The van der Waals surface area contributed by atoms with E-state index in [0.29, 0.717) is 5.75 Å². The predicted molar refractivity (Wildman–Crippen MR) is 71.6 cm³/mol. The first-order valence-electron chi connectivity index (χ1n) is 6.58. The van der Waals surface area contributed by atoms with Crippen LogP contribution in [0.15, 0.2) is 0 Å². The molecule has 0 saturated carbocycles. The van der Waals surface area contributed by atoms with E-state index in [2.05, 4.69) is 4.90 Å². The van der Waals surface area contributed by atoms with Crippen LogP contribution in [-0.2, 0) is 10.0 Å². The summed E-state index contributed by atoms with van der Waals surface area (Å²) in [5.74, 6) is 0.311. The predicted octanol–water partition coefficient (Wildman–Crippen LogP) is 1.53. The Hall–Kier alpha value is -0.130. The third kappa shape index (κ3) is 4.94. The lowest BCUT2D eigenvalue weighted by Crippen LogP contribution is -2.43. The molecule has 0 aromatic heterocycles. The number of hydrogen-bond acceptors (Lipinski definition) is 3. The molecule has 0 radical (unpaired) electrons. The van der Waals surface area contributed by atoms with Crippen molar-refractivity contribution in [3.63, 3.8) is 0 Å². The molecule has 0 aromatic rings. The maximum atomic E-state index is 12.2. The summed E-state index contributed by atoms with van der Waals surface area (Å²) in [5.41, 5.74) is 0. The van der Waals surface area contributed by atoms with Crippen molar-refractivity contribution in [2.75, 3.05) is 32.9 Å². The maximum Gasteiger partial charge on any atom is 0.214 e. The Morgan fingerprint density at radius 3 is 2.53 bits per heavy atom. The number of rotatable bonds is 6. The fourth-order valence-electron chi connectivity index (χ4n) is 2.31. The van der Waals surface area contributed by atoms with E-state index in [1.165, 1.54) is 0 Å². The largest absolute Gasteiger partial charge is 0.309 e. The molecule has 1 fully saturated rings. The van der Waals surface area contributed by atoms with Crippen molar-refractivity contribution >= 4 is 10.0 Å². The molecule has 1 aliphatic rings. The second-order valence-corrected chi connectivity index (χ2v) is 7.32. The van der Waals surface area contributed by atoms with Gasteiger partial charge in [0.2, 0.25) is 10.0 Å². The van der Waals surface area contributed by atoms with Gasteiger partial charge in [0.25, 0.3) is 0 Å². The number of nitrogens with zero attached hydrogens (tertiary/aromatic N) is 2. The Kier molecular flexibility index (Phi) is 5.89. The van der Waals surface area contributed by atoms with Crippen molar-refractivity contribution in [3.05, 3.63) is 0 Å². The van der Waals surface area contributed by atoms with E-state index < -0.39 is 10.0 Å². The molecule has 0 aliphatic carbocycles. The lowest BCUT2D eigenvalue weighted by molar-refractivity contribution is 0.268. The van der Waals surface area contributed by atoms with Gasteiger partial charge in [0, 0.05) is 12.6 Å². The molecule has 0 bridgehead atoms. The molecule has 1 saturated heterocycles. The third-order valence-electron chi connectivity index (χ3n) is 3.36. The zero-order valence-electron chi connectivity index (χ0n) is 11.4. The van der Waals surface area contributed by atoms with Crippen LogP contribution >= 0.6 is 0 Å². The highest BCUT2D eigenvalue weighted by Crippen LogP contribution is 2.20. The minimum atomic E-state index is -3.02. The van der Waals surface area contributed by atoms with E-state index in [0.717, 1.165) is 45.2 Å². The third-order valence-corrected chi connectivity index (χ3v) is 5.42. The molecule has 1 heterocycles. The molecule has 0 amide bonds. The highest BCUT2D eigenvalue weighted by atomic mass is 32.2. The van der Waals surface area contributed by atoms with Crippen LogP contribution in [0, 0.1) is 0 Å². The molecule has 102 valence electrons. The lowest BCUT2D eigenvalue weighted by Gasteiger charge is -2.32. The van der Waals surface area contributed by atoms with Gasteiger partial charge in [-0.1, -0.05) is 6.42 Å². The fraction of sp³-hybridized carbons (Fsp3) is 1.00. The molecule has 1 aliphatic heterocycles. The van der Waals surface area contributed by atoms with Crippen molar-refractivity contribution in [2.24, 2.45) is 0 Å². The van der Waals surface area contributed by atoms with E-state index in [9.17, 15) is 8.42 Å². The summed E-state index contributed by atoms with van der Waals surface area (Å²) in [6.45, 7) is 3.71. The molecule has 4 nitrogen and oxygen atoms in total. The second-order valence-electron chi connectivity index (χ2n) is 5.28. The molecule has 17 heavy (non-hydrogen) atoms. The number of unbranched alkanes of at least 4 members (excludes halogenated alkanes) is 1. The zero-order valence-corrected chi connectivity index (χ0v) is 12.2. The Balaban J connectivity index is 2.39. The summed E-state index contributed by atoms with van der Waals surface area (Å²) in [6.07, 6.45) is 4.91. The minimum Gasteiger partial charge on any atom is -0.309 e. The van der Waals surface area contributed by atoms with E-state index in [-0.39, 0.29) is 6.04 Å². The smallest absolute Gasteiger partial charge is 0.214 e. The van der Waals surface area contributed by atoms with Crippen LogP contribution in [0.5, 0.6) is 0 Å². The molecule has 0 spiro atoms. The molecular formula is C12H26N2O2S. The van der Waals surface area contributed by atoms with E-state index in [1.54, 1.807) is 4.31 Å². The Bertz CT molecular complexity index is 314. The Morgan fingerprint density at radius 1 is 1.24 bits per heavy atom. The van der Waals surface area contributed by atoms with Gasteiger partial charge in [0.1, 0.15) is 0 Å². The van der Waals surface area contributed by atoms with Gasteiger partial charge in [0.05, 0.1) is 5.75 Å². The van der Waals surface area contributed by atoms with Crippen molar-refractivity contribution in [3.8, 4) is 0 Å². The standard InChI is InChI=1S/C12H26N2O2S/c1-12-8-4-5-10-14(12)17(15,16)11-7-6-9-13(2)3/h12H,4-11H2,1-3H3/t12-/m0/s1. The molecule has 5 heteroatoms. The van der Waals surface area contributed by atoms with Gasteiger partial charge in [-0.15, -0.1) is 0 Å². The summed E-state index contributed by atoms with van der Waals surface area (Å²) >= 11 is 0. The summed E-state index contributed by atoms with van der Waals surface area (Å²) < 4.78 is 26.0. The van der Waals surface area contributed by atoms with Crippen LogP contribution in [0.25, 0.3) is 0 Å². The Morgan fingerprint density at radius 2 is 1.94 bits per heavy atom. The first-order valence-corrected chi connectivity index (χ1v) is 8.18. The molecule has 0 aromatic carbocycles. The molecule has 0 N–H and O–H groups in total. The number of sulfonamides is 1. The van der Waals surface area contributed by atoms with Gasteiger partial charge < -0.3 is 4.90 Å². The van der Waals surface area contributed by atoms with Crippen LogP contribution in [0.1, 0.15) is 39.0 Å². The van der Waals surface area contributed by atoms with Crippen LogP contribution in [0.3, 0.4) is 0 Å². The van der Waals surface area contributed by atoms with Gasteiger partial charge in [-0.2, -0.15) is 4.31 Å². The molecule has 0 unspecified atom stereocenters. The highest BCUT2D eigenvalue weighted by Gasteiger charge is 2.28. The summed E-state index contributed by atoms with van der Waals surface area (Å²) in [4.78, 5) is 2.09. The van der Waals surface area contributed by atoms with Gasteiger partial charge in [0.15, 0.2) is 0 Å². The molecular weight excluding hydrogens is 236 g/mol. The highest BCUT2D eigenvalue weighted by molar-refractivity contribution is 7.89. The normalized spacial score (nSPS) is 23.2. The second kappa shape index (κ2) is 6.71. The fourth-order valence-corrected chi connectivity index (χ4v) is 4.18. The van der Waals surface area contributed by atoms with Crippen LogP contribution in [0.2, 0.25) is 0 Å². The zero-order chi connectivity index (χ0) is 12.9. The van der Waals surface area contributed by atoms with Crippen molar-refractivity contribution in [1.82, 2.24) is 9.21 Å². The monoisotopic (exact) mass is 262 g/mol. The summed E-state index contributed by atoms with van der Waals surface area (Å²) in [6, 6.07) is 0.197. The molecule has 1 atom stereocenters. The number of piperidine rings is 1. The van der Waals surface area contributed by atoms with E-state index in [1.807, 2.05) is 21.0 Å². The van der Waals surface area contributed by atoms with Crippen molar-refractivity contribution in [1.29, 1.82) is 0 Å². The first-order chi connectivity index (χ1) is 7.93. The van der Waals surface area contributed by atoms with E-state index >= 15 is 0 Å². The van der Waals surface area contributed by atoms with E-state index in [4.69, 9.17) is 0 Å². The van der Waals surface area contributed by atoms with Crippen LogP contribution in [0.4, 0.5) is 0 Å². The average Bonchev–Trinajstić information content (AvgIpc) is 2.24. The van der Waals surface area contributed by atoms with Crippen molar-refractivity contribution < 1.29 is 8.42 Å². The van der Waals surface area contributed by atoms with Gasteiger partial charge in [-0.05, 0) is 53.2 Å². The van der Waals surface area contributed by atoms with Gasteiger partial charge in [-0.25, -0.2) is 8.42 Å². The average molecular weight is 262 g/mol.